The smallest absolute Gasteiger partial charge is 0.241 e. The Balaban J connectivity index is 2.11. The van der Waals surface area contributed by atoms with E-state index in [4.69, 9.17) is 5.84 Å². The fourth-order valence-corrected chi connectivity index (χ4v) is 2.34. The van der Waals surface area contributed by atoms with E-state index >= 15 is 0 Å². The number of nitrogens with two attached hydrogens (primary N) is 1. The van der Waals surface area contributed by atoms with E-state index in [2.05, 4.69) is 20.7 Å². The molecule has 116 valence electrons. The number of nitrogens with zero attached hydrogens (tertiary/aromatic N) is 3. The Morgan fingerprint density at radius 1 is 1.29 bits per heavy atom. The van der Waals surface area contributed by atoms with E-state index in [0.717, 1.165) is 31.5 Å². The number of hydrogen-bond acceptors (Lipinski definition) is 6. The summed E-state index contributed by atoms with van der Waals surface area (Å²) in [6, 6.07) is 0. The van der Waals surface area contributed by atoms with Crippen LogP contribution >= 0.6 is 0 Å². The van der Waals surface area contributed by atoms with E-state index in [9.17, 15) is 4.79 Å². The number of likely N-dealkylation sites (tertiary alicyclic amines) is 1. The fraction of sp³-hybridized carbons (Fsp3) is 0.643. The second kappa shape index (κ2) is 6.71. The average molecular weight is 292 g/mol. The molecule has 1 aromatic rings. The van der Waals surface area contributed by atoms with Gasteiger partial charge in [-0.05, 0) is 19.8 Å². The Hall–Kier alpha value is -1.89. The third-order valence-electron chi connectivity index (χ3n) is 3.68. The number of rotatable bonds is 5. The standard InChI is InChI=1S/C14H24N6O/c1-9(2)12-17-13(10(3)14(18-12)19-15)16-8-11(21)20-6-4-5-7-20/h9H,4-8,15H2,1-3H3,(H2,16,17,18,19). The van der Waals surface area contributed by atoms with Crippen LogP contribution < -0.4 is 16.6 Å². The zero-order valence-electron chi connectivity index (χ0n) is 12.9. The van der Waals surface area contributed by atoms with Crippen LogP contribution in [0.3, 0.4) is 0 Å². The normalized spacial score (nSPS) is 14.6. The summed E-state index contributed by atoms with van der Waals surface area (Å²) in [6.07, 6.45) is 2.19. The number of hydrogen-bond donors (Lipinski definition) is 3. The maximum absolute atomic E-state index is 12.1. The number of hydrazine groups is 1. The van der Waals surface area contributed by atoms with Crippen LogP contribution in [-0.4, -0.2) is 40.4 Å². The summed E-state index contributed by atoms with van der Waals surface area (Å²) in [7, 11) is 0. The van der Waals surface area contributed by atoms with E-state index in [-0.39, 0.29) is 18.4 Å². The van der Waals surface area contributed by atoms with Crippen LogP contribution in [0.25, 0.3) is 0 Å². The lowest BCUT2D eigenvalue weighted by molar-refractivity contribution is -0.128. The second-order valence-electron chi connectivity index (χ2n) is 5.64. The Morgan fingerprint density at radius 2 is 1.90 bits per heavy atom. The van der Waals surface area contributed by atoms with Crippen molar-refractivity contribution < 1.29 is 4.79 Å². The molecule has 21 heavy (non-hydrogen) atoms. The summed E-state index contributed by atoms with van der Waals surface area (Å²) in [5.74, 6) is 7.75. The predicted octanol–water partition coefficient (Wildman–Crippen LogP) is 1.23. The van der Waals surface area contributed by atoms with Gasteiger partial charge in [-0.25, -0.2) is 15.8 Å². The number of anilines is 2. The largest absolute Gasteiger partial charge is 0.361 e. The summed E-state index contributed by atoms with van der Waals surface area (Å²) < 4.78 is 0. The number of carbonyl (C=O) groups excluding carboxylic acids is 1. The summed E-state index contributed by atoms with van der Waals surface area (Å²) >= 11 is 0. The van der Waals surface area contributed by atoms with Gasteiger partial charge in [-0.3, -0.25) is 4.79 Å². The summed E-state index contributed by atoms with van der Waals surface area (Å²) in [5, 5.41) is 3.12. The van der Waals surface area contributed by atoms with Gasteiger partial charge >= 0.3 is 0 Å². The molecular weight excluding hydrogens is 268 g/mol. The molecule has 0 aromatic carbocycles. The molecule has 7 heteroatoms. The third-order valence-corrected chi connectivity index (χ3v) is 3.68. The van der Waals surface area contributed by atoms with Crippen molar-refractivity contribution in [3.05, 3.63) is 11.4 Å². The molecule has 1 amide bonds. The lowest BCUT2D eigenvalue weighted by Gasteiger charge is -2.18. The lowest BCUT2D eigenvalue weighted by Crippen LogP contribution is -2.33. The molecule has 0 spiro atoms. The Morgan fingerprint density at radius 3 is 2.48 bits per heavy atom. The van der Waals surface area contributed by atoms with E-state index < -0.39 is 0 Å². The van der Waals surface area contributed by atoms with Crippen LogP contribution in [0.1, 0.15) is 44.0 Å². The minimum Gasteiger partial charge on any atom is -0.361 e. The van der Waals surface area contributed by atoms with Crippen LogP contribution in [-0.2, 0) is 4.79 Å². The lowest BCUT2D eigenvalue weighted by atomic mass is 10.2. The molecule has 1 fully saturated rings. The number of nitrogens with one attached hydrogen (secondary N) is 2. The molecule has 2 heterocycles. The van der Waals surface area contributed by atoms with E-state index in [1.807, 2.05) is 25.7 Å². The van der Waals surface area contributed by atoms with E-state index in [1.54, 1.807) is 0 Å². The molecule has 4 N–H and O–H groups in total. The molecule has 7 nitrogen and oxygen atoms in total. The van der Waals surface area contributed by atoms with Crippen LogP contribution in [0, 0.1) is 6.92 Å². The molecule has 0 unspecified atom stereocenters. The summed E-state index contributed by atoms with van der Waals surface area (Å²) in [4.78, 5) is 22.8. The monoisotopic (exact) mass is 292 g/mol. The summed E-state index contributed by atoms with van der Waals surface area (Å²) in [6.45, 7) is 7.88. The van der Waals surface area contributed by atoms with Crippen molar-refractivity contribution in [2.45, 2.75) is 39.5 Å². The number of amides is 1. The van der Waals surface area contributed by atoms with Crippen LogP contribution in [0.15, 0.2) is 0 Å². The first-order valence-electron chi connectivity index (χ1n) is 7.39. The van der Waals surface area contributed by atoms with E-state index in [0.29, 0.717) is 17.5 Å². The minimum atomic E-state index is 0.110. The molecule has 0 atom stereocenters. The minimum absolute atomic E-state index is 0.110. The van der Waals surface area contributed by atoms with Crippen molar-refractivity contribution in [2.24, 2.45) is 5.84 Å². The van der Waals surface area contributed by atoms with Crippen molar-refractivity contribution in [2.75, 3.05) is 30.4 Å². The van der Waals surface area contributed by atoms with Gasteiger partial charge in [0.25, 0.3) is 0 Å². The molecule has 1 aliphatic heterocycles. The molecule has 0 saturated carbocycles. The molecule has 0 radical (unpaired) electrons. The van der Waals surface area contributed by atoms with Gasteiger partial charge in [0.15, 0.2) is 0 Å². The van der Waals surface area contributed by atoms with Crippen molar-refractivity contribution in [1.29, 1.82) is 0 Å². The highest BCUT2D eigenvalue weighted by Gasteiger charge is 2.19. The molecule has 1 aliphatic rings. The topological polar surface area (TPSA) is 96.2 Å². The Kier molecular flexibility index (Phi) is 4.95. The maximum Gasteiger partial charge on any atom is 0.241 e. The third kappa shape index (κ3) is 3.60. The summed E-state index contributed by atoms with van der Waals surface area (Å²) in [5.41, 5.74) is 3.40. The molecule has 1 aromatic heterocycles. The van der Waals surface area contributed by atoms with Crippen molar-refractivity contribution >= 4 is 17.5 Å². The average Bonchev–Trinajstić information content (AvgIpc) is 2.99. The Labute approximate surface area is 125 Å². The first-order valence-corrected chi connectivity index (χ1v) is 7.39. The maximum atomic E-state index is 12.1. The van der Waals surface area contributed by atoms with Gasteiger partial charge in [0.2, 0.25) is 5.91 Å². The van der Waals surface area contributed by atoms with Gasteiger partial charge in [-0.1, -0.05) is 13.8 Å². The number of carbonyl (C=O) groups is 1. The first-order chi connectivity index (χ1) is 10.0. The molecule has 2 rings (SSSR count). The number of aromatic nitrogens is 2. The van der Waals surface area contributed by atoms with Gasteiger partial charge in [-0.2, -0.15) is 0 Å². The van der Waals surface area contributed by atoms with Crippen molar-refractivity contribution in [3.63, 3.8) is 0 Å². The zero-order chi connectivity index (χ0) is 15.4. The van der Waals surface area contributed by atoms with Crippen LogP contribution in [0.4, 0.5) is 11.6 Å². The van der Waals surface area contributed by atoms with Crippen LogP contribution in [0.2, 0.25) is 0 Å². The van der Waals surface area contributed by atoms with Crippen molar-refractivity contribution in [1.82, 2.24) is 14.9 Å². The van der Waals surface area contributed by atoms with E-state index in [1.165, 1.54) is 0 Å². The van der Waals surface area contributed by atoms with Gasteiger partial charge in [0.1, 0.15) is 17.5 Å². The molecule has 0 aliphatic carbocycles. The van der Waals surface area contributed by atoms with Gasteiger partial charge in [0.05, 0.1) is 6.54 Å². The highest BCUT2D eigenvalue weighted by atomic mass is 16.2. The fourth-order valence-electron chi connectivity index (χ4n) is 2.34. The van der Waals surface area contributed by atoms with Gasteiger partial charge in [0, 0.05) is 24.6 Å². The SMILES string of the molecule is Cc1c(NN)nc(C(C)C)nc1NCC(=O)N1CCCC1. The van der Waals surface area contributed by atoms with Crippen molar-refractivity contribution in [3.8, 4) is 0 Å². The molecule has 1 saturated heterocycles. The Bertz CT molecular complexity index is 510. The zero-order valence-corrected chi connectivity index (χ0v) is 12.9. The molecular formula is C14H24N6O. The molecule has 0 bridgehead atoms. The quantitative estimate of drug-likeness (QED) is 0.558. The van der Waals surface area contributed by atoms with Gasteiger partial charge < -0.3 is 15.6 Å². The number of nitrogen functional groups attached to an aromatic ring is 1. The van der Waals surface area contributed by atoms with Crippen LogP contribution in [0.5, 0.6) is 0 Å². The van der Waals surface area contributed by atoms with Gasteiger partial charge in [-0.15, -0.1) is 0 Å². The second-order valence-corrected chi connectivity index (χ2v) is 5.64. The predicted molar refractivity (Wildman–Crippen MR) is 83.0 cm³/mol. The highest BCUT2D eigenvalue weighted by Crippen LogP contribution is 2.22. The highest BCUT2D eigenvalue weighted by molar-refractivity contribution is 5.81. The first kappa shape index (κ1) is 15.5.